The standard InChI is InChI=1S/C30H35N5O4/c1-30(2)14-23-28(25(36)15-30)29(21-13-20(38-3)9-10-26(21)39-4)35(24-8-6-5-7-22(24)34-23)17-27(37)32-12-11-19-16-31-18-33-19/h5-10,13,16,18,29,34H,11-12,14-15,17H2,1-4H3,(H,31,33)(H,32,37). The van der Waals surface area contributed by atoms with Gasteiger partial charge in [0.05, 0.1) is 44.5 Å². The third-order valence-corrected chi connectivity index (χ3v) is 7.32. The molecule has 2 heterocycles. The van der Waals surface area contributed by atoms with Crippen LogP contribution < -0.4 is 25.0 Å². The molecule has 1 amide bonds. The first-order chi connectivity index (χ1) is 18.8. The molecule has 0 fully saturated rings. The number of benzene rings is 2. The highest BCUT2D eigenvalue weighted by atomic mass is 16.5. The summed E-state index contributed by atoms with van der Waals surface area (Å²) in [5.41, 5.74) is 4.73. The molecule has 1 aromatic heterocycles. The van der Waals surface area contributed by atoms with Crippen LogP contribution in [0.1, 0.15) is 44.0 Å². The van der Waals surface area contributed by atoms with Crippen molar-refractivity contribution in [3.63, 3.8) is 0 Å². The zero-order valence-corrected chi connectivity index (χ0v) is 22.8. The molecule has 2 aliphatic rings. The maximum Gasteiger partial charge on any atom is 0.239 e. The topological polar surface area (TPSA) is 109 Å². The highest BCUT2D eigenvalue weighted by Crippen LogP contribution is 2.50. The van der Waals surface area contributed by atoms with E-state index in [4.69, 9.17) is 9.47 Å². The molecular weight excluding hydrogens is 494 g/mol. The first-order valence-corrected chi connectivity index (χ1v) is 13.1. The Morgan fingerprint density at radius 1 is 1.15 bits per heavy atom. The summed E-state index contributed by atoms with van der Waals surface area (Å²) in [7, 11) is 3.22. The third-order valence-electron chi connectivity index (χ3n) is 7.32. The molecule has 9 heteroatoms. The van der Waals surface area contributed by atoms with Crippen LogP contribution in [0.5, 0.6) is 11.5 Å². The molecule has 3 N–H and O–H groups in total. The molecule has 5 rings (SSSR count). The summed E-state index contributed by atoms with van der Waals surface area (Å²) in [5, 5.41) is 6.61. The third kappa shape index (κ3) is 5.48. The minimum atomic E-state index is -0.567. The molecule has 1 unspecified atom stereocenters. The molecule has 1 aliphatic carbocycles. The maximum atomic E-state index is 13.9. The quantitative estimate of drug-likeness (QED) is 0.397. The Labute approximate surface area is 228 Å². The summed E-state index contributed by atoms with van der Waals surface area (Å²) in [6.07, 6.45) is 5.13. The molecule has 3 aromatic rings. The second-order valence-electron chi connectivity index (χ2n) is 10.8. The van der Waals surface area contributed by atoms with Crippen molar-refractivity contribution in [2.24, 2.45) is 5.41 Å². The average Bonchev–Trinajstić information content (AvgIpc) is 3.38. The minimum Gasteiger partial charge on any atom is -0.497 e. The maximum absolute atomic E-state index is 13.9. The van der Waals surface area contributed by atoms with Gasteiger partial charge in [0.15, 0.2) is 5.78 Å². The van der Waals surface area contributed by atoms with Crippen molar-refractivity contribution in [2.45, 2.75) is 39.2 Å². The van der Waals surface area contributed by atoms with Crippen LogP contribution in [-0.2, 0) is 16.0 Å². The second kappa shape index (κ2) is 10.8. The number of aromatic amines is 1. The van der Waals surface area contributed by atoms with Gasteiger partial charge in [0.2, 0.25) is 5.91 Å². The van der Waals surface area contributed by atoms with Crippen LogP contribution in [0.4, 0.5) is 11.4 Å². The number of amides is 1. The predicted octanol–water partition coefficient (Wildman–Crippen LogP) is 4.40. The molecule has 0 radical (unpaired) electrons. The Balaban J connectivity index is 1.61. The fourth-order valence-corrected chi connectivity index (χ4v) is 5.57. The Kier molecular flexibility index (Phi) is 7.32. The number of nitrogens with zero attached hydrogens (tertiary/aromatic N) is 2. The van der Waals surface area contributed by atoms with Gasteiger partial charge in [0.25, 0.3) is 0 Å². The van der Waals surface area contributed by atoms with E-state index in [1.165, 1.54) is 0 Å². The van der Waals surface area contributed by atoms with Gasteiger partial charge in [-0.25, -0.2) is 4.98 Å². The van der Waals surface area contributed by atoms with Crippen molar-refractivity contribution < 1.29 is 19.1 Å². The van der Waals surface area contributed by atoms with Gasteiger partial charge in [0.1, 0.15) is 11.5 Å². The lowest BCUT2D eigenvalue weighted by atomic mass is 9.73. The van der Waals surface area contributed by atoms with Crippen molar-refractivity contribution in [3.05, 3.63) is 77.5 Å². The predicted molar refractivity (Wildman–Crippen MR) is 150 cm³/mol. The summed E-state index contributed by atoms with van der Waals surface area (Å²) < 4.78 is 11.4. The number of fused-ring (bicyclic) bond motifs is 1. The molecule has 0 saturated heterocycles. The number of H-pyrrole nitrogens is 1. The summed E-state index contributed by atoms with van der Waals surface area (Å²) >= 11 is 0. The highest BCUT2D eigenvalue weighted by molar-refractivity contribution is 6.02. The average molecular weight is 530 g/mol. The number of hydrogen-bond acceptors (Lipinski definition) is 7. The molecule has 1 atom stereocenters. The van der Waals surface area contributed by atoms with Gasteiger partial charge in [-0.2, -0.15) is 0 Å². The van der Waals surface area contributed by atoms with E-state index in [1.807, 2.05) is 47.4 Å². The Morgan fingerprint density at radius 2 is 1.97 bits per heavy atom. The largest absolute Gasteiger partial charge is 0.497 e. The first kappa shape index (κ1) is 26.3. The number of carbonyl (C=O) groups excluding carboxylic acids is 2. The van der Waals surface area contributed by atoms with Gasteiger partial charge >= 0.3 is 0 Å². The van der Waals surface area contributed by atoms with Crippen molar-refractivity contribution in [1.82, 2.24) is 15.3 Å². The lowest BCUT2D eigenvalue weighted by Crippen LogP contribution is -2.42. The molecule has 0 saturated carbocycles. The smallest absolute Gasteiger partial charge is 0.239 e. The molecule has 9 nitrogen and oxygen atoms in total. The van der Waals surface area contributed by atoms with E-state index in [-0.39, 0.29) is 23.7 Å². The Bertz CT molecular complexity index is 1400. The second-order valence-corrected chi connectivity index (χ2v) is 10.8. The normalized spacial score (nSPS) is 18.0. The fraction of sp³-hybridized carbons (Fsp3) is 0.367. The van der Waals surface area contributed by atoms with E-state index in [1.54, 1.807) is 26.7 Å². The van der Waals surface area contributed by atoms with E-state index in [9.17, 15) is 9.59 Å². The molecule has 2 aromatic carbocycles. The van der Waals surface area contributed by atoms with Crippen molar-refractivity contribution in [3.8, 4) is 11.5 Å². The van der Waals surface area contributed by atoms with Crippen LogP contribution in [0.15, 0.2) is 66.3 Å². The number of carbonyl (C=O) groups is 2. The van der Waals surface area contributed by atoms with E-state index in [2.05, 4.69) is 34.4 Å². The van der Waals surface area contributed by atoms with Crippen LogP contribution in [0.25, 0.3) is 0 Å². The number of ketones is 1. The van der Waals surface area contributed by atoms with E-state index >= 15 is 0 Å². The zero-order valence-electron chi connectivity index (χ0n) is 22.8. The van der Waals surface area contributed by atoms with Gasteiger partial charge in [-0.3, -0.25) is 9.59 Å². The summed E-state index contributed by atoms with van der Waals surface area (Å²) in [4.78, 5) is 36.4. The number of para-hydroxylation sites is 2. The molecule has 204 valence electrons. The number of allylic oxidation sites excluding steroid dienone is 1. The van der Waals surface area contributed by atoms with Crippen LogP contribution >= 0.6 is 0 Å². The van der Waals surface area contributed by atoms with Crippen LogP contribution in [0.2, 0.25) is 0 Å². The minimum absolute atomic E-state index is 0.0418. The zero-order chi connectivity index (χ0) is 27.6. The number of aromatic nitrogens is 2. The lowest BCUT2D eigenvalue weighted by Gasteiger charge is -2.38. The van der Waals surface area contributed by atoms with Gasteiger partial charge in [-0.05, 0) is 42.2 Å². The number of anilines is 2. The number of hydrogen-bond donors (Lipinski definition) is 3. The Morgan fingerprint density at radius 3 is 2.72 bits per heavy atom. The fourth-order valence-electron chi connectivity index (χ4n) is 5.57. The monoisotopic (exact) mass is 529 g/mol. The number of nitrogens with one attached hydrogen (secondary N) is 3. The first-order valence-electron chi connectivity index (χ1n) is 13.1. The van der Waals surface area contributed by atoms with E-state index < -0.39 is 6.04 Å². The number of imidazole rings is 1. The van der Waals surface area contributed by atoms with E-state index in [0.29, 0.717) is 42.9 Å². The van der Waals surface area contributed by atoms with Gasteiger partial charge < -0.3 is 30.0 Å². The van der Waals surface area contributed by atoms with Gasteiger partial charge in [-0.1, -0.05) is 26.0 Å². The van der Waals surface area contributed by atoms with Crippen LogP contribution in [-0.4, -0.2) is 49.0 Å². The van der Waals surface area contributed by atoms with Crippen molar-refractivity contribution in [1.29, 1.82) is 0 Å². The molecule has 39 heavy (non-hydrogen) atoms. The van der Waals surface area contributed by atoms with Crippen molar-refractivity contribution in [2.75, 3.05) is 37.5 Å². The summed E-state index contributed by atoms with van der Waals surface area (Å²) in [6, 6.07) is 12.9. The molecular formula is C30H35N5O4. The number of ether oxygens (including phenoxy) is 2. The highest BCUT2D eigenvalue weighted by Gasteiger charge is 2.42. The Hall–Kier alpha value is -4.27. The van der Waals surface area contributed by atoms with Gasteiger partial charge in [-0.15, -0.1) is 0 Å². The van der Waals surface area contributed by atoms with Crippen LogP contribution in [0.3, 0.4) is 0 Å². The molecule has 0 bridgehead atoms. The van der Waals surface area contributed by atoms with E-state index in [0.717, 1.165) is 28.3 Å². The van der Waals surface area contributed by atoms with Crippen LogP contribution in [0, 0.1) is 5.41 Å². The van der Waals surface area contributed by atoms with Crippen molar-refractivity contribution >= 4 is 23.1 Å². The number of methoxy groups -OCH3 is 2. The number of Topliss-reactive ketones (excluding diaryl/α,β-unsaturated/α-hetero) is 1. The summed E-state index contributed by atoms with van der Waals surface area (Å²) in [6.45, 7) is 4.72. The van der Waals surface area contributed by atoms with Gasteiger partial charge in [0, 0.05) is 48.1 Å². The molecule has 1 aliphatic heterocycles. The summed E-state index contributed by atoms with van der Waals surface area (Å²) in [5.74, 6) is 1.17. The number of rotatable bonds is 8. The SMILES string of the molecule is COc1ccc(OC)c(C2C3=C(CC(C)(C)CC3=O)Nc3ccccc3N2CC(=O)NCCc2cnc[nH]2)c1. The lowest BCUT2D eigenvalue weighted by molar-refractivity contribution is -0.120. The molecule has 0 spiro atoms.